The van der Waals surface area contributed by atoms with E-state index < -0.39 is 0 Å². The van der Waals surface area contributed by atoms with Crippen LogP contribution in [0.3, 0.4) is 0 Å². The van der Waals surface area contributed by atoms with E-state index in [0.717, 1.165) is 31.2 Å². The molecule has 0 aliphatic heterocycles. The Bertz CT molecular complexity index is 565. The van der Waals surface area contributed by atoms with Gasteiger partial charge in [-0.3, -0.25) is 9.79 Å². The smallest absolute Gasteiger partial charge is 0.305 e. The zero-order chi connectivity index (χ0) is 18.5. The minimum atomic E-state index is -0.165. The summed E-state index contributed by atoms with van der Waals surface area (Å²) in [5, 5.41) is 6.53. The van der Waals surface area contributed by atoms with Crippen LogP contribution in [0.2, 0.25) is 0 Å². The predicted molar refractivity (Wildman–Crippen MR) is 117 cm³/mol. The Balaban J connectivity index is 0.00000625. The molecule has 0 saturated carbocycles. The highest BCUT2D eigenvalue weighted by Crippen LogP contribution is 2.19. The average molecular weight is 477 g/mol. The van der Waals surface area contributed by atoms with E-state index in [-0.39, 0.29) is 29.9 Å². The summed E-state index contributed by atoms with van der Waals surface area (Å²) >= 11 is 0. The number of carbonyl (C=O) groups is 1. The SMILES string of the molecule is CCNC(=NCCCC(=O)OCC)NCCc1cc(C)ccc1OC.I. The predicted octanol–water partition coefficient (Wildman–Crippen LogP) is 3.06. The first-order chi connectivity index (χ1) is 12.1. The second kappa shape index (κ2) is 14.6. The number of esters is 1. The zero-order valence-electron chi connectivity index (χ0n) is 16.3. The van der Waals surface area contributed by atoms with E-state index in [2.05, 4.69) is 28.6 Å². The molecule has 1 aromatic carbocycles. The summed E-state index contributed by atoms with van der Waals surface area (Å²) in [6, 6.07) is 6.19. The Morgan fingerprint density at radius 2 is 2.00 bits per heavy atom. The van der Waals surface area contributed by atoms with Crippen molar-refractivity contribution >= 4 is 35.9 Å². The van der Waals surface area contributed by atoms with Gasteiger partial charge < -0.3 is 20.1 Å². The number of halogens is 1. The lowest BCUT2D eigenvalue weighted by Crippen LogP contribution is -2.38. The molecule has 6 nitrogen and oxygen atoms in total. The number of aryl methyl sites for hydroxylation is 1. The summed E-state index contributed by atoms with van der Waals surface area (Å²) in [6.07, 6.45) is 1.93. The molecule has 0 aromatic heterocycles. The van der Waals surface area contributed by atoms with Crippen molar-refractivity contribution < 1.29 is 14.3 Å². The Morgan fingerprint density at radius 1 is 1.23 bits per heavy atom. The molecule has 0 spiro atoms. The fourth-order valence-corrected chi connectivity index (χ4v) is 2.41. The fraction of sp³-hybridized carbons (Fsp3) is 0.579. The van der Waals surface area contributed by atoms with Crippen molar-refractivity contribution in [1.29, 1.82) is 0 Å². The number of guanidine groups is 1. The third-order valence-electron chi connectivity index (χ3n) is 3.58. The second-order valence-electron chi connectivity index (χ2n) is 5.66. The van der Waals surface area contributed by atoms with Crippen LogP contribution in [0, 0.1) is 6.92 Å². The van der Waals surface area contributed by atoms with Crippen molar-refractivity contribution in [2.45, 2.75) is 40.0 Å². The Hall–Kier alpha value is -1.51. The lowest BCUT2D eigenvalue weighted by molar-refractivity contribution is -0.143. The van der Waals surface area contributed by atoms with E-state index in [1.807, 2.05) is 26.0 Å². The molecule has 0 radical (unpaired) electrons. The molecule has 2 N–H and O–H groups in total. The largest absolute Gasteiger partial charge is 0.496 e. The van der Waals surface area contributed by atoms with Crippen molar-refractivity contribution in [3.63, 3.8) is 0 Å². The van der Waals surface area contributed by atoms with Gasteiger partial charge in [0.1, 0.15) is 5.75 Å². The van der Waals surface area contributed by atoms with Gasteiger partial charge in [-0.15, -0.1) is 24.0 Å². The number of hydrogen-bond donors (Lipinski definition) is 2. The molecule has 0 atom stereocenters. The van der Waals surface area contributed by atoms with Crippen molar-refractivity contribution in [2.75, 3.05) is 33.4 Å². The van der Waals surface area contributed by atoms with Gasteiger partial charge in [0.2, 0.25) is 0 Å². The summed E-state index contributed by atoms with van der Waals surface area (Å²) < 4.78 is 10.3. The van der Waals surface area contributed by atoms with Gasteiger partial charge in [-0.05, 0) is 45.2 Å². The number of carbonyl (C=O) groups excluding carboxylic acids is 1. The van der Waals surface area contributed by atoms with Crippen LogP contribution in [0.5, 0.6) is 5.75 Å². The first-order valence-corrected chi connectivity index (χ1v) is 8.92. The summed E-state index contributed by atoms with van der Waals surface area (Å²) in [7, 11) is 1.69. The third kappa shape index (κ3) is 9.84. The Morgan fingerprint density at radius 3 is 2.65 bits per heavy atom. The second-order valence-corrected chi connectivity index (χ2v) is 5.66. The third-order valence-corrected chi connectivity index (χ3v) is 3.58. The van der Waals surface area contributed by atoms with Crippen LogP contribution in [0.15, 0.2) is 23.2 Å². The molecule has 1 rings (SSSR count). The molecule has 0 amide bonds. The number of hydrogen-bond acceptors (Lipinski definition) is 4. The standard InChI is InChI=1S/C19H31N3O3.HI/c1-5-20-19(21-12-7-8-18(23)25-6-2)22-13-11-16-14-15(3)9-10-17(16)24-4;/h9-10,14H,5-8,11-13H2,1-4H3,(H2,20,21,22);1H. The normalized spacial score (nSPS) is 10.7. The number of benzene rings is 1. The molecule has 0 saturated heterocycles. The van der Waals surface area contributed by atoms with Gasteiger partial charge in [0.05, 0.1) is 13.7 Å². The van der Waals surface area contributed by atoms with E-state index in [0.29, 0.717) is 26.0 Å². The van der Waals surface area contributed by atoms with Gasteiger partial charge in [0, 0.05) is 26.1 Å². The van der Waals surface area contributed by atoms with Crippen LogP contribution in [0.25, 0.3) is 0 Å². The van der Waals surface area contributed by atoms with Crippen molar-refractivity contribution in [2.24, 2.45) is 4.99 Å². The highest BCUT2D eigenvalue weighted by Gasteiger charge is 2.05. The van der Waals surface area contributed by atoms with Gasteiger partial charge in [0.25, 0.3) is 0 Å². The lowest BCUT2D eigenvalue weighted by Gasteiger charge is -2.13. The zero-order valence-corrected chi connectivity index (χ0v) is 18.6. The number of ether oxygens (including phenoxy) is 2. The van der Waals surface area contributed by atoms with Crippen LogP contribution in [0.4, 0.5) is 0 Å². The molecule has 0 bridgehead atoms. The van der Waals surface area contributed by atoms with E-state index in [1.54, 1.807) is 7.11 Å². The Labute approximate surface area is 174 Å². The highest BCUT2D eigenvalue weighted by atomic mass is 127. The van der Waals surface area contributed by atoms with Crippen LogP contribution in [-0.4, -0.2) is 45.3 Å². The maximum Gasteiger partial charge on any atom is 0.305 e. The van der Waals surface area contributed by atoms with Gasteiger partial charge in [-0.25, -0.2) is 0 Å². The summed E-state index contributed by atoms with van der Waals surface area (Å²) in [6.45, 7) is 8.47. The van der Waals surface area contributed by atoms with Crippen molar-refractivity contribution in [3.8, 4) is 5.75 Å². The lowest BCUT2D eigenvalue weighted by atomic mass is 10.1. The number of nitrogens with zero attached hydrogens (tertiary/aromatic N) is 1. The quantitative estimate of drug-likeness (QED) is 0.178. The van der Waals surface area contributed by atoms with Crippen LogP contribution in [0.1, 0.15) is 37.8 Å². The molecule has 148 valence electrons. The summed E-state index contributed by atoms with van der Waals surface area (Å²) in [5.74, 6) is 1.50. The van der Waals surface area contributed by atoms with E-state index in [4.69, 9.17) is 9.47 Å². The number of methoxy groups -OCH3 is 1. The summed E-state index contributed by atoms with van der Waals surface area (Å²) in [4.78, 5) is 15.8. The average Bonchev–Trinajstić information content (AvgIpc) is 2.59. The molecule has 0 heterocycles. The van der Waals surface area contributed by atoms with Crippen molar-refractivity contribution in [1.82, 2.24) is 10.6 Å². The molecular weight excluding hydrogens is 445 g/mol. The number of nitrogens with one attached hydrogen (secondary N) is 2. The molecule has 0 unspecified atom stereocenters. The molecule has 0 fully saturated rings. The van der Waals surface area contributed by atoms with Crippen LogP contribution >= 0.6 is 24.0 Å². The van der Waals surface area contributed by atoms with Crippen molar-refractivity contribution in [3.05, 3.63) is 29.3 Å². The first kappa shape index (κ1) is 24.5. The summed E-state index contributed by atoms with van der Waals surface area (Å²) in [5.41, 5.74) is 2.39. The Kier molecular flexibility index (Phi) is 13.8. The van der Waals surface area contributed by atoms with E-state index >= 15 is 0 Å². The number of aliphatic imine (C=N–C) groups is 1. The minimum Gasteiger partial charge on any atom is -0.496 e. The van der Waals surface area contributed by atoms with Gasteiger partial charge >= 0.3 is 5.97 Å². The minimum absolute atomic E-state index is 0. The topological polar surface area (TPSA) is 72.0 Å². The fourth-order valence-electron chi connectivity index (χ4n) is 2.41. The molecular formula is C19H32IN3O3. The maximum atomic E-state index is 11.3. The first-order valence-electron chi connectivity index (χ1n) is 8.92. The van der Waals surface area contributed by atoms with E-state index in [1.165, 1.54) is 11.1 Å². The van der Waals surface area contributed by atoms with Gasteiger partial charge in [-0.2, -0.15) is 0 Å². The molecule has 0 aliphatic rings. The highest BCUT2D eigenvalue weighted by molar-refractivity contribution is 14.0. The molecule has 7 heteroatoms. The maximum absolute atomic E-state index is 11.3. The molecule has 0 aliphatic carbocycles. The number of rotatable bonds is 10. The van der Waals surface area contributed by atoms with Crippen LogP contribution < -0.4 is 15.4 Å². The van der Waals surface area contributed by atoms with Gasteiger partial charge in [-0.1, -0.05) is 17.7 Å². The van der Waals surface area contributed by atoms with E-state index in [9.17, 15) is 4.79 Å². The molecule has 26 heavy (non-hydrogen) atoms. The molecule has 1 aromatic rings. The monoisotopic (exact) mass is 477 g/mol. The van der Waals surface area contributed by atoms with Crippen LogP contribution in [-0.2, 0) is 16.0 Å². The van der Waals surface area contributed by atoms with Gasteiger partial charge in [0.15, 0.2) is 5.96 Å².